The van der Waals surface area contributed by atoms with Gasteiger partial charge in [-0.3, -0.25) is 9.59 Å². The van der Waals surface area contributed by atoms with Gasteiger partial charge in [0.15, 0.2) is 5.43 Å². The first-order valence-electron chi connectivity index (χ1n) is 5.17. The van der Waals surface area contributed by atoms with E-state index in [4.69, 9.17) is 0 Å². The van der Waals surface area contributed by atoms with Gasteiger partial charge in [-0.15, -0.1) is 0 Å². The lowest BCUT2D eigenvalue weighted by Crippen LogP contribution is -2.34. The van der Waals surface area contributed by atoms with Crippen LogP contribution in [0.25, 0.3) is 0 Å². The van der Waals surface area contributed by atoms with Crippen molar-refractivity contribution in [2.75, 3.05) is 13.1 Å². The summed E-state index contributed by atoms with van der Waals surface area (Å²) >= 11 is 0. The molecule has 82 valence electrons. The highest BCUT2D eigenvalue weighted by Crippen LogP contribution is 1.99. The van der Waals surface area contributed by atoms with Gasteiger partial charge in [0.1, 0.15) is 5.56 Å². The first-order valence-corrected chi connectivity index (χ1v) is 5.17. The zero-order valence-corrected chi connectivity index (χ0v) is 9.12. The van der Waals surface area contributed by atoms with E-state index in [1.54, 1.807) is 4.90 Å². The van der Waals surface area contributed by atoms with Crippen LogP contribution in [0.1, 0.15) is 30.6 Å². The summed E-state index contributed by atoms with van der Waals surface area (Å²) in [4.78, 5) is 27.7. The first kappa shape index (κ1) is 11.5. The molecule has 0 atom stereocenters. The normalized spacial score (nSPS) is 10.0. The highest BCUT2D eigenvalue weighted by atomic mass is 16.2. The maximum absolute atomic E-state index is 11.9. The minimum atomic E-state index is -0.228. The second-order valence-electron chi connectivity index (χ2n) is 3.31. The Morgan fingerprint density at radius 2 is 2.20 bits per heavy atom. The van der Waals surface area contributed by atoms with Gasteiger partial charge in [-0.25, -0.2) is 0 Å². The van der Waals surface area contributed by atoms with Crippen LogP contribution in [0, 0.1) is 0 Å². The summed E-state index contributed by atoms with van der Waals surface area (Å²) in [5.74, 6) is -0.193. The molecule has 0 radical (unpaired) electrons. The lowest BCUT2D eigenvalue weighted by Gasteiger charge is -2.19. The second kappa shape index (κ2) is 5.34. The predicted octanol–water partition coefficient (Wildman–Crippen LogP) is 1.25. The van der Waals surface area contributed by atoms with Gasteiger partial charge in [-0.1, -0.05) is 6.92 Å². The molecule has 1 N–H and O–H groups in total. The zero-order chi connectivity index (χ0) is 11.3. The average molecular weight is 208 g/mol. The van der Waals surface area contributed by atoms with Crippen molar-refractivity contribution < 1.29 is 4.79 Å². The summed E-state index contributed by atoms with van der Waals surface area (Å²) < 4.78 is 0. The fourth-order valence-corrected chi connectivity index (χ4v) is 1.43. The maximum atomic E-state index is 11.9. The molecule has 1 aromatic rings. The third kappa shape index (κ3) is 2.68. The standard InChI is InChI=1S/C11H16N2O2/c1-3-7-13(4-2)11(15)9-8-12-6-5-10(9)14/h5-6,8H,3-4,7H2,1-2H3,(H,12,14). The van der Waals surface area contributed by atoms with E-state index < -0.39 is 0 Å². The van der Waals surface area contributed by atoms with Crippen molar-refractivity contribution in [1.29, 1.82) is 0 Å². The van der Waals surface area contributed by atoms with E-state index in [1.165, 1.54) is 18.5 Å². The van der Waals surface area contributed by atoms with Crippen LogP contribution in [0.5, 0.6) is 0 Å². The van der Waals surface area contributed by atoms with Crippen LogP contribution in [-0.4, -0.2) is 28.9 Å². The smallest absolute Gasteiger partial charge is 0.259 e. The van der Waals surface area contributed by atoms with Gasteiger partial charge < -0.3 is 9.88 Å². The van der Waals surface area contributed by atoms with Crippen molar-refractivity contribution in [2.24, 2.45) is 0 Å². The highest BCUT2D eigenvalue weighted by molar-refractivity contribution is 5.93. The van der Waals surface area contributed by atoms with Gasteiger partial charge >= 0.3 is 0 Å². The number of pyridine rings is 1. The number of nitrogens with one attached hydrogen (secondary N) is 1. The molecule has 0 aliphatic rings. The van der Waals surface area contributed by atoms with Crippen LogP contribution in [0.3, 0.4) is 0 Å². The number of aromatic nitrogens is 1. The number of hydrogen-bond acceptors (Lipinski definition) is 2. The predicted molar refractivity (Wildman–Crippen MR) is 58.9 cm³/mol. The van der Waals surface area contributed by atoms with Crippen molar-refractivity contribution in [1.82, 2.24) is 9.88 Å². The lowest BCUT2D eigenvalue weighted by atomic mass is 10.2. The number of amides is 1. The van der Waals surface area contributed by atoms with E-state index in [0.717, 1.165) is 6.42 Å². The van der Waals surface area contributed by atoms with E-state index in [9.17, 15) is 9.59 Å². The molecule has 1 amide bonds. The Balaban J connectivity index is 2.93. The Morgan fingerprint density at radius 1 is 1.47 bits per heavy atom. The number of H-pyrrole nitrogens is 1. The minimum Gasteiger partial charge on any atom is -0.367 e. The molecule has 4 nitrogen and oxygen atoms in total. The number of carbonyl (C=O) groups is 1. The van der Waals surface area contributed by atoms with Crippen molar-refractivity contribution in [3.63, 3.8) is 0 Å². The molecule has 0 aliphatic heterocycles. The molecule has 0 fully saturated rings. The van der Waals surface area contributed by atoms with Gasteiger partial charge in [-0.2, -0.15) is 0 Å². The van der Waals surface area contributed by atoms with Crippen LogP contribution in [0.4, 0.5) is 0 Å². The zero-order valence-electron chi connectivity index (χ0n) is 9.12. The average Bonchev–Trinajstić information content (AvgIpc) is 2.25. The number of rotatable bonds is 4. The van der Waals surface area contributed by atoms with E-state index in [1.807, 2.05) is 13.8 Å². The molecule has 1 rings (SSSR count). The Bertz CT molecular complexity index is 384. The van der Waals surface area contributed by atoms with E-state index in [0.29, 0.717) is 13.1 Å². The fraction of sp³-hybridized carbons (Fsp3) is 0.455. The molecular weight excluding hydrogens is 192 g/mol. The maximum Gasteiger partial charge on any atom is 0.259 e. The highest BCUT2D eigenvalue weighted by Gasteiger charge is 2.15. The Labute approximate surface area is 88.9 Å². The lowest BCUT2D eigenvalue weighted by molar-refractivity contribution is 0.0763. The van der Waals surface area contributed by atoms with Crippen LogP contribution in [0.2, 0.25) is 0 Å². The first-order chi connectivity index (χ1) is 7.20. The third-order valence-electron chi connectivity index (χ3n) is 2.22. The molecule has 0 saturated heterocycles. The molecule has 1 aromatic heterocycles. The summed E-state index contributed by atoms with van der Waals surface area (Å²) in [6, 6.07) is 1.37. The van der Waals surface area contributed by atoms with Crippen molar-refractivity contribution in [3.05, 3.63) is 34.2 Å². The van der Waals surface area contributed by atoms with Crippen LogP contribution in [0.15, 0.2) is 23.3 Å². The molecule has 0 aromatic carbocycles. The van der Waals surface area contributed by atoms with Crippen LogP contribution >= 0.6 is 0 Å². The molecule has 15 heavy (non-hydrogen) atoms. The van der Waals surface area contributed by atoms with Gasteiger partial charge in [0.05, 0.1) is 0 Å². The summed E-state index contributed by atoms with van der Waals surface area (Å²) in [6.45, 7) is 5.22. The number of aromatic amines is 1. The number of nitrogens with zero attached hydrogens (tertiary/aromatic N) is 1. The molecule has 1 heterocycles. The van der Waals surface area contributed by atoms with E-state index in [-0.39, 0.29) is 16.9 Å². The Kier molecular flexibility index (Phi) is 4.09. The molecular formula is C11H16N2O2. The Hall–Kier alpha value is -1.58. The quantitative estimate of drug-likeness (QED) is 0.809. The Morgan fingerprint density at radius 3 is 2.73 bits per heavy atom. The number of hydrogen-bond donors (Lipinski definition) is 1. The summed E-state index contributed by atoms with van der Waals surface area (Å²) in [6.07, 6.45) is 3.88. The topological polar surface area (TPSA) is 53.2 Å². The van der Waals surface area contributed by atoms with Crippen molar-refractivity contribution in [3.8, 4) is 0 Å². The van der Waals surface area contributed by atoms with Crippen LogP contribution in [-0.2, 0) is 0 Å². The molecule has 0 unspecified atom stereocenters. The third-order valence-corrected chi connectivity index (χ3v) is 2.22. The molecule has 0 spiro atoms. The molecule has 0 bridgehead atoms. The van der Waals surface area contributed by atoms with Crippen molar-refractivity contribution >= 4 is 5.91 Å². The summed E-state index contributed by atoms with van der Waals surface area (Å²) in [5.41, 5.74) is -0.0129. The SMILES string of the molecule is CCCN(CC)C(=O)c1c[nH]ccc1=O. The fourth-order valence-electron chi connectivity index (χ4n) is 1.43. The van der Waals surface area contributed by atoms with Gasteiger partial charge in [0, 0.05) is 31.5 Å². The second-order valence-corrected chi connectivity index (χ2v) is 3.31. The monoisotopic (exact) mass is 208 g/mol. The van der Waals surface area contributed by atoms with E-state index in [2.05, 4.69) is 4.98 Å². The summed E-state index contributed by atoms with van der Waals surface area (Å²) in [5, 5.41) is 0. The summed E-state index contributed by atoms with van der Waals surface area (Å²) in [7, 11) is 0. The van der Waals surface area contributed by atoms with Gasteiger partial charge in [0.2, 0.25) is 0 Å². The minimum absolute atomic E-state index is 0.193. The molecule has 0 aliphatic carbocycles. The van der Waals surface area contributed by atoms with Crippen LogP contribution < -0.4 is 5.43 Å². The van der Waals surface area contributed by atoms with E-state index >= 15 is 0 Å². The van der Waals surface area contributed by atoms with Gasteiger partial charge in [-0.05, 0) is 13.3 Å². The van der Waals surface area contributed by atoms with Gasteiger partial charge in [0.25, 0.3) is 5.91 Å². The largest absolute Gasteiger partial charge is 0.367 e. The molecule has 4 heteroatoms. The number of carbonyl (C=O) groups excluding carboxylic acids is 1. The van der Waals surface area contributed by atoms with Crippen molar-refractivity contribution in [2.45, 2.75) is 20.3 Å². The molecule has 0 saturated carbocycles.